The van der Waals surface area contributed by atoms with E-state index in [-0.39, 0.29) is 18.2 Å². The van der Waals surface area contributed by atoms with Gasteiger partial charge in [0.1, 0.15) is 5.82 Å². The van der Waals surface area contributed by atoms with Crippen LogP contribution in [-0.2, 0) is 14.1 Å². The number of rotatable bonds is 4. The standard InChI is InChI=1S/C16H18N4O6/c1-8(20(23)24)12(9-4-5-10-11(6-9)26-7-25-10)13-14(17)18(2)16(22)19(3)15(13)21/h4-6,8,12H,7,17H2,1-3H3/t8-,12+/m0/s1. The molecule has 138 valence electrons. The van der Waals surface area contributed by atoms with E-state index in [4.69, 9.17) is 15.2 Å². The topological polar surface area (TPSA) is 132 Å². The fraction of sp³-hybridized carbons (Fsp3) is 0.375. The quantitative estimate of drug-likeness (QED) is 0.606. The van der Waals surface area contributed by atoms with Crippen LogP contribution in [0.3, 0.4) is 0 Å². The third-order valence-corrected chi connectivity index (χ3v) is 4.63. The van der Waals surface area contributed by atoms with Crippen molar-refractivity contribution in [3.8, 4) is 11.5 Å². The van der Waals surface area contributed by atoms with Crippen LogP contribution in [0, 0.1) is 10.1 Å². The zero-order chi connectivity index (χ0) is 19.2. The molecule has 10 heteroatoms. The van der Waals surface area contributed by atoms with Gasteiger partial charge in [-0.2, -0.15) is 0 Å². The summed E-state index contributed by atoms with van der Waals surface area (Å²) < 4.78 is 12.6. The Hall–Kier alpha value is -3.30. The van der Waals surface area contributed by atoms with Crippen LogP contribution in [0.4, 0.5) is 5.82 Å². The molecule has 1 aromatic heterocycles. The molecule has 0 spiro atoms. The second-order valence-electron chi connectivity index (χ2n) is 6.12. The highest BCUT2D eigenvalue weighted by Crippen LogP contribution is 2.38. The van der Waals surface area contributed by atoms with Gasteiger partial charge < -0.3 is 15.2 Å². The van der Waals surface area contributed by atoms with Crippen LogP contribution >= 0.6 is 0 Å². The van der Waals surface area contributed by atoms with Gasteiger partial charge in [-0.05, 0) is 17.7 Å². The zero-order valence-corrected chi connectivity index (χ0v) is 14.5. The first kappa shape index (κ1) is 17.5. The third kappa shape index (κ3) is 2.59. The number of ether oxygens (including phenoxy) is 2. The van der Waals surface area contributed by atoms with Gasteiger partial charge in [-0.15, -0.1) is 0 Å². The van der Waals surface area contributed by atoms with E-state index in [0.717, 1.165) is 9.13 Å². The maximum absolute atomic E-state index is 12.7. The molecule has 1 aliphatic heterocycles. The van der Waals surface area contributed by atoms with E-state index in [9.17, 15) is 19.7 Å². The highest BCUT2D eigenvalue weighted by molar-refractivity contribution is 5.51. The maximum Gasteiger partial charge on any atom is 0.332 e. The molecule has 10 nitrogen and oxygen atoms in total. The molecular formula is C16H18N4O6. The molecule has 0 bridgehead atoms. The molecule has 2 N–H and O–H groups in total. The first-order valence-corrected chi connectivity index (χ1v) is 7.82. The summed E-state index contributed by atoms with van der Waals surface area (Å²) in [4.78, 5) is 35.8. The lowest BCUT2D eigenvalue weighted by Gasteiger charge is -2.22. The molecule has 0 amide bonds. The van der Waals surface area contributed by atoms with E-state index in [2.05, 4.69) is 0 Å². The summed E-state index contributed by atoms with van der Waals surface area (Å²) in [6, 6.07) is 3.68. The van der Waals surface area contributed by atoms with E-state index in [1.54, 1.807) is 18.2 Å². The summed E-state index contributed by atoms with van der Waals surface area (Å²) in [7, 11) is 2.72. The number of anilines is 1. The number of hydrogen-bond acceptors (Lipinski definition) is 7. The fourth-order valence-corrected chi connectivity index (χ4v) is 3.09. The maximum atomic E-state index is 12.7. The summed E-state index contributed by atoms with van der Waals surface area (Å²) in [5, 5.41) is 11.5. The lowest BCUT2D eigenvalue weighted by atomic mass is 9.86. The van der Waals surface area contributed by atoms with Gasteiger partial charge in [-0.25, -0.2) is 4.79 Å². The van der Waals surface area contributed by atoms with E-state index >= 15 is 0 Å². The predicted octanol–water partition coefficient (Wildman–Crippen LogP) is 0.192. The lowest BCUT2D eigenvalue weighted by Crippen LogP contribution is -2.43. The molecule has 0 fully saturated rings. The second-order valence-corrected chi connectivity index (χ2v) is 6.12. The SMILES string of the molecule is C[C@@H]([C@H](c1ccc2c(c1)OCO2)c1c(N)n(C)c(=O)n(C)c1=O)[N+](=O)[O-]. The number of fused-ring (bicyclic) bond motifs is 1. The normalized spacial score (nSPS) is 14.9. The van der Waals surface area contributed by atoms with Crippen LogP contribution in [0.15, 0.2) is 27.8 Å². The van der Waals surface area contributed by atoms with Crippen molar-refractivity contribution < 1.29 is 14.4 Å². The average molecular weight is 362 g/mol. The van der Waals surface area contributed by atoms with Gasteiger partial charge in [0.2, 0.25) is 12.8 Å². The largest absolute Gasteiger partial charge is 0.454 e. The van der Waals surface area contributed by atoms with Crippen LogP contribution in [0.1, 0.15) is 24.0 Å². The van der Waals surface area contributed by atoms with E-state index in [1.807, 2.05) is 0 Å². The summed E-state index contributed by atoms with van der Waals surface area (Å²) in [6.07, 6.45) is 0. The number of nitrogens with zero attached hydrogens (tertiary/aromatic N) is 3. The van der Waals surface area contributed by atoms with Gasteiger partial charge in [0.25, 0.3) is 5.56 Å². The average Bonchev–Trinajstić information content (AvgIpc) is 3.09. The molecule has 2 aromatic rings. The van der Waals surface area contributed by atoms with Gasteiger partial charge in [0.05, 0.1) is 11.5 Å². The first-order valence-electron chi connectivity index (χ1n) is 7.82. The van der Waals surface area contributed by atoms with Crippen molar-refractivity contribution in [3.05, 3.63) is 60.3 Å². The number of nitrogens with two attached hydrogens (primary N) is 1. The van der Waals surface area contributed by atoms with Crippen LogP contribution in [0.25, 0.3) is 0 Å². The summed E-state index contributed by atoms with van der Waals surface area (Å²) in [6.45, 7) is 1.44. The van der Waals surface area contributed by atoms with Crippen LogP contribution in [0.5, 0.6) is 11.5 Å². The number of benzene rings is 1. The smallest absolute Gasteiger partial charge is 0.332 e. The fourth-order valence-electron chi connectivity index (χ4n) is 3.09. The molecule has 26 heavy (non-hydrogen) atoms. The molecule has 0 radical (unpaired) electrons. The summed E-state index contributed by atoms with van der Waals surface area (Å²) >= 11 is 0. The molecule has 2 atom stereocenters. The number of nitrogen functional groups attached to an aromatic ring is 1. The van der Waals surface area contributed by atoms with Crippen LogP contribution in [-0.4, -0.2) is 26.9 Å². The molecule has 0 saturated carbocycles. The van der Waals surface area contributed by atoms with Crippen molar-refractivity contribution in [1.29, 1.82) is 0 Å². The van der Waals surface area contributed by atoms with Gasteiger partial charge in [-0.1, -0.05) is 6.07 Å². The Balaban J connectivity index is 2.29. The monoisotopic (exact) mass is 362 g/mol. The first-order chi connectivity index (χ1) is 12.2. The minimum atomic E-state index is -1.16. The second kappa shape index (κ2) is 6.21. The number of hydrogen-bond donors (Lipinski definition) is 1. The summed E-state index contributed by atoms with van der Waals surface area (Å²) in [5.41, 5.74) is 5.22. The Kier molecular flexibility index (Phi) is 4.18. The molecule has 0 saturated heterocycles. The van der Waals surface area contributed by atoms with Crippen molar-refractivity contribution in [2.75, 3.05) is 12.5 Å². The molecule has 1 aromatic carbocycles. The van der Waals surface area contributed by atoms with Gasteiger partial charge >= 0.3 is 5.69 Å². The predicted molar refractivity (Wildman–Crippen MR) is 92.2 cm³/mol. The Bertz CT molecular complexity index is 1010. The van der Waals surface area contributed by atoms with Gasteiger partial charge in [0, 0.05) is 25.9 Å². The molecular weight excluding hydrogens is 344 g/mol. The van der Waals surface area contributed by atoms with Gasteiger partial charge in [0.15, 0.2) is 11.5 Å². The van der Waals surface area contributed by atoms with E-state index in [0.29, 0.717) is 17.1 Å². The molecule has 3 rings (SSSR count). The van der Waals surface area contributed by atoms with Crippen molar-refractivity contribution in [2.45, 2.75) is 18.9 Å². The van der Waals surface area contributed by atoms with Crippen molar-refractivity contribution >= 4 is 5.82 Å². The summed E-state index contributed by atoms with van der Waals surface area (Å²) in [5.74, 6) is -0.120. The van der Waals surface area contributed by atoms with Crippen molar-refractivity contribution in [1.82, 2.24) is 9.13 Å². The Labute approximate surface area is 147 Å². The van der Waals surface area contributed by atoms with Crippen LogP contribution < -0.4 is 26.5 Å². The third-order valence-electron chi connectivity index (χ3n) is 4.63. The van der Waals surface area contributed by atoms with Gasteiger partial charge in [-0.3, -0.25) is 24.0 Å². The molecule has 0 unspecified atom stereocenters. The Morgan fingerprint density at radius 2 is 1.85 bits per heavy atom. The Morgan fingerprint density at radius 1 is 1.19 bits per heavy atom. The minimum Gasteiger partial charge on any atom is -0.454 e. The van der Waals surface area contributed by atoms with Crippen molar-refractivity contribution in [2.24, 2.45) is 14.1 Å². The number of aromatic nitrogens is 2. The molecule has 1 aliphatic rings. The molecule has 0 aliphatic carbocycles. The number of nitro groups is 1. The molecule has 2 heterocycles. The lowest BCUT2D eigenvalue weighted by molar-refractivity contribution is -0.520. The van der Waals surface area contributed by atoms with E-state index in [1.165, 1.54) is 21.0 Å². The Morgan fingerprint density at radius 3 is 2.50 bits per heavy atom. The highest BCUT2D eigenvalue weighted by Gasteiger charge is 2.36. The van der Waals surface area contributed by atoms with E-state index < -0.39 is 28.1 Å². The van der Waals surface area contributed by atoms with Crippen molar-refractivity contribution in [3.63, 3.8) is 0 Å². The highest BCUT2D eigenvalue weighted by atomic mass is 16.7. The minimum absolute atomic E-state index is 0.00216. The van der Waals surface area contributed by atoms with Crippen LogP contribution in [0.2, 0.25) is 0 Å². The zero-order valence-electron chi connectivity index (χ0n) is 14.5.